The molecule has 0 spiro atoms. The fourth-order valence-corrected chi connectivity index (χ4v) is 5.70. The maximum Gasteiger partial charge on any atom is 0.254 e. The van der Waals surface area contributed by atoms with Crippen molar-refractivity contribution in [3.63, 3.8) is 0 Å². The average molecular weight is 558 g/mol. The fraction of sp³-hybridized carbons (Fsp3) is 0.548. The van der Waals surface area contributed by atoms with Gasteiger partial charge in [0.2, 0.25) is 5.91 Å². The predicted molar refractivity (Wildman–Crippen MR) is 160 cm³/mol. The second-order valence-corrected chi connectivity index (χ2v) is 11.3. The number of benzene rings is 2. The molecular weight excluding hydrogens is 510 g/mol. The number of amides is 2. The van der Waals surface area contributed by atoms with Gasteiger partial charge in [-0.1, -0.05) is 88.2 Å². The number of aliphatic hydroxyl groups excluding tert-OH is 2. The van der Waals surface area contributed by atoms with Crippen LogP contribution in [0.3, 0.4) is 0 Å². The number of rotatable bonds is 9. The van der Waals surface area contributed by atoms with Gasteiger partial charge < -0.3 is 20.4 Å². The molecule has 39 heavy (non-hydrogen) atoms. The molecule has 216 valence electrons. The topological polar surface area (TPSA) is 102 Å². The van der Waals surface area contributed by atoms with E-state index in [0.29, 0.717) is 24.1 Å². The number of carbonyl (C=O) groups is 2. The summed E-state index contributed by atoms with van der Waals surface area (Å²) in [6.07, 6.45) is 3.18. The van der Waals surface area contributed by atoms with Gasteiger partial charge in [0.05, 0.1) is 18.6 Å². The highest BCUT2D eigenvalue weighted by Gasteiger charge is 2.35. The molecule has 0 radical (unpaired) electrons. The van der Waals surface area contributed by atoms with Crippen molar-refractivity contribution in [2.45, 2.75) is 83.7 Å². The van der Waals surface area contributed by atoms with Crippen LogP contribution in [0.25, 0.3) is 0 Å². The van der Waals surface area contributed by atoms with E-state index in [1.165, 1.54) is 11.1 Å². The molecule has 0 aromatic heterocycles. The van der Waals surface area contributed by atoms with Crippen molar-refractivity contribution in [2.75, 3.05) is 19.2 Å². The summed E-state index contributed by atoms with van der Waals surface area (Å²) in [5.41, 5.74) is 3.50. The van der Waals surface area contributed by atoms with E-state index in [0.717, 1.165) is 37.8 Å². The zero-order valence-corrected chi connectivity index (χ0v) is 24.8. The summed E-state index contributed by atoms with van der Waals surface area (Å²) in [6.45, 7) is 9.56. The van der Waals surface area contributed by atoms with Gasteiger partial charge in [0.1, 0.15) is 0 Å². The first kappa shape index (κ1) is 32.8. The van der Waals surface area contributed by atoms with Gasteiger partial charge in [-0.3, -0.25) is 14.9 Å². The third-order valence-corrected chi connectivity index (χ3v) is 8.16. The molecule has 1 aliphatic heterocycles. The summed E-state index contributed by atoms with van der Waals surface area (Å²) in [7, 11) is 0. The maximum atomic E-state index is 12.7. The molecule has 1 heterocycles. The minimum atomic E-state index is -1.22. The Hall–Kier alpha value is -2.39. The summed E-state index contributed by atoms with van der Waals surface area (Å²) in [5, 5.41) is 25.5. The van der Waals surface area contributed by atoms with E-state index in [1.807, 2.05) is 56.3 Å². The lowest BCUT2D eigenvalue weighted by atomic mass is 9.98. The Morgan fingerprint density at radius 1 is 1.05 bits per heavy atom. The first-order chi connectivity index (χ1) is 18.9. The van der Waals surface area contributed by atoms with Crippen LogP contribution in [-0.4, -0.2) is 63.5 Å². The summed E-state index contributed by atoms with van der Waals surface area (Å²) >= 11 is 1.71. The number of hydrogen-bond acceptors (Lipinski definition) is 6. The molecule has 1 saturated carbocycles. The normalized spacial score (nSPS) is 18.3. The molecule has 0 bridgehead atoms. The molecule has 2 fully saturated rings. The number of nitrogens with one attached hydrogen (secondary N) is 2. The van der Waals surface area contributed by atoms with Crippen LogP contribution >= 0.6 is 11.8 Å². The van der Waals surface area contributed by atoms with Gasteiger partial charge in [0.15, 0.2) is 6.10 Å². The standard InChI is InChI=1S/C20H28N2O3S.C9H13NO.C2H6/c1-14-12-22(13-26-14)20(25)18(23)17(11-15-7-3-2-4-8-15)21-19(24)16-9-5-6-10-16;1-8-4-2-3-5-9(8)6-10-7-11;1-2/h2-4,7-8,14,16-18,23H,5-6,9-13H2,1H3,(H,21,24);2-5,10-11H,6-7H2,1H3;1-2H3. The minimum absolute atomic E-state index is 0.0120. The summed E-state index contributed by atoms with van der Waals surface area (Å²) < 4.78 is 0. The first-order valence-electron chi connectivity index (χ1n) is 14.2. The van der Waals surface area contributed by atoms with Gasteiger partial charge in [-0.2, -0.15) is 0 Å². The molecule has 4 N–H and O–H groups in total. The van der Waals surface area contributed by atoms with Gasteiger partial charge in [-0.25, -0.2) is 0 Å². The Bertz CT molecular complexity index is 985. The molecule has 2 aliphatic rings. The van der Waals surface area contributed by atoms with Gasteiger partial charge in [-0.15, -0.1) is 11.8 Å². The first-order valence-corrected chi connectivity index (χ1v) is 15.2. The molecular formula is C31H47N3O4S. The molecule has 2 amide bonds. The molecule has 1 aliphatic carbocycles. The van der Waals surface area contributed by atoms with Crippen LogP contribution in [-0.2, 0) is 22.6 Å². The third kappa shape index (κ3) is 11.0. The van der Waals surface area contributed by atoms with Crippen LogP contribution < -0.4 is 10.6 Å². The Kier molecular flexibility index (Phi) is 15.2. The molecule has 3 atom stereocenters. The lowest BCUT2D eigenvalue weighted by Crippen LogP contribution is -2.53. The van der Waals surface area contributed by atoms with Crippen LogP contribution in [0.1, 0.15) is 63.1 Å². The van der Waals surface area contributed by atoms with E-state index in [4.69, 9.17) is 5.11 Å². The predicted octanol–water partition coefficient (Wildman–Crippen LogP) is 4.25. The highest BCUT2D eigenvalue weighted by atomic mass is 32.2. The highest BCUT2D eigenvalue weighted by Crippen LogP contribution is 2.26. The smallest absolute Gasteiger partial charge is 0.254 e. The fourth-order valence-electron chi connectivity index (χ4n) is 4.74. The molecule has 7 nitrogen and oxygen atoms in total. The van der Waals surface area contributed by atoms with E-state index >= 15 is 0 Å². The van der Waals surface area contributed by atoms with Crippen molar-refractivity contribution >= 4 is 23.6 Å². The van der Waals surface area contributed by atoms with Crippen molar-refractivity contribution in [3.05, 3.63) is 71.3 Å². The number of nitrogens with zero attached hydrogens (tertiary/aromatic N) is 1. The van der Waals surface area contributed by atoms with Crippen LogP contribution in [0.4, 0.5) is 0 Å². The number of carbonyl (C=O) groups excluding carboxylic acids is 2. The monoisotopic (exact) mass is 557 g/mol. The summed E-state index contributed by atoms with van der Waals surface area (Å²) in [4.78, 5) is 27.0. The molecule has 1 saturated heterocycles. The van der Waals surface area contributed by atoms with Crippen molar-refractivity contribution in [1.29, 1.82) is 0 Å². The lowest BCUT2D eigenvalue weighted by Gasteiger charge is -2.28. The van der Waals surface area contributed by atoms with Crippen LogP contribution in [0.2, 0.25) is 0 Å². The van der Waals surface area contributed by atoms with Crippen molar-refractivity contribution in [1.82, 2.24) is 15.5 Å². The van der Waals surface area contributed by atoms with Gasteiger partial charge >= 0.3 is 0 Å². The van der Waals surface area contributed by atoms with Gasteiger partial charge in [0.25, 0.3) is 5.91 Å². The van der Waals surface area contributed by atoms with E-state index in [2.05, 4.69) is 36.6 Å². The van der Waals surface area contributed by atoms with E-state index in [1.54, 1.807) is 16.7 Å². The molecule has 2 aromatic rings. The van der Waals surface area contributed by atoms with Gasteiger partial charge in [-0.05, 0) is 42.9 Å². The van der Waals surface area contributed by atoms with Crippen LogP contribution in [0.5, 0.6) is 0 Å². The SMILES string of the molecule is CC.CC1CN(C(=O)C(O)C(Cc2ccccc2)NC(=O)C2CCCC2)CS1.Cc1ccccc1CNCO. The van der Waals surface area contributed by atoms with Crippen molar-refractivity contribution < 1.29 is 19.8 Å². The Balaban J connectivity index is 0.000000343. The van der Waals surface area contributed by atoms with Crippen LogP contribution in [0.15, 0.2) is 54.6 Å². The molecule has 3 unspecified atom stereocenters. The maximum absolute atomic E-state index is 12.7. The number of thioether (sulfide) groups is 1. The minimum Gasteiger partial charge on any atom is -0.381 e. The van der Waals surface area contributed by atoms with E-state index in [-0.39, 0.29) is 24.5 Å². The number of aliphatic hydroxyl groups is 2. The van der Waals surface area contributed by atoms with Crippen molar-refractivity contribution in [3.8, 4) is 0 Å². The summed E-state index contributed by atoms with van der Waals surface area (Å²) in [5.74, 6) is 0.304. The second-order valence-electron chi connectivity index (χ2n) is 9.91. The molecule has 2 aromatic carbocycles. The van der Waals surface area contributed by atoms with Crippen molar-refractivity contribution in [2.24, 2.45) is 5.92 Å². The molecule has 8 heteroatoms. The average Bonchev–Trinajstić information content (AvgIpc) is 3.66. The quantitative estimate of drug-likeness (QED) is 0.344. The number of hydrogen-bond donors (Lipinski definition) is 4. The largest absolute Gasteiger partial charge is 0.381 e. The zero-order chi connectivity index (χ0) is 28.6. The Labute approximate surface area is 238 Å². The molecule has 4 rings (SSSR count). The Morgan fingerprint density at radius 3 is 2.28 bits per heavy atom. The highest BCUT2D eigenvalue weighted by molar-refractivity contribution is 8.00. The Morgan fingerprint density at radius 2 is 1.69 bits per heavy atom. The van der Waals surface area contributed by atoms with E-state index < -0.39 is 12.1 Å². The second kappa shape index (κ2) is 18.1. The van der Waals surface area contributed by atoms with Crippen LogP contribution in [0, 0.1) is 12.8 Å². The third-order valence-electron chi connectivity index (χ3n) is 6.98. The van der Waals surface area contributed by atoms with Gasteiger partial charge in [0, 0.05) is 24.3 Å². The zero-order valence-electron chi connectivity index (χ0n) is 23.9. The number of aryl methyl sites for hydroxylation is 1. The summed E-state index contributed by atoms with van der Waals surface area (Å²) in [6, 6.07) is 17.2. The van der Waals surface area contributed by atoms with E-state index in [9.17, 15) is 14.7 Å². The lowest BCUT2D eigenvalue weighted by molar-refractivity contribution is -0.141.